The van der Waals surface area contributed by atoms with Gasteiger partial charge in [0.2, 0.25) is 5.91 Å². The van der Waals surface area contributed by atoms with E-state index in [-0.39, 0.29) is 5.91 Å². The summed E-state index contributed by atoms with van der Waals surface area (Å²) in [6, 6.07) is 0. The summed E-state index contributed by atoms with van der Waals surface area (Å²) in [6.45, 7) is 0. The maximum absolute atomic E-state index is 11.8. The van der Waals surface area contributed by atoms with Crippen molar-refractivity contribution in [2.45, 2.75) is 38.5 Å². The zero-order chi connectivity index (χ0) is 13.8. The van der Waals surface area contributed by atoms with Gasteiger partial charge in [0.25, 0.3) is 5.91 Å². The molecule has 0 radical (unpaired) electrons. The Labute approximate surface area is 124 Å². The predicted octanol–water partition coefficient (Wildman–Crippen LogP) is 2.84. The number of anilines is 1. The molecule has 2 rings (SSSR count). The van der Waals surface area contributed by atoms with Crippen LogP contribution in [0, 0.1) is 0 Å². The number of hydrogen-bond donors (Lipinski definition) is 2. The van der Waals surface area contributed by atoms with E-state index in [0.717, 1.165) is 43.0 Å². The molecule has 3 N–H and O–H groups in total. The summed E-state index contributed by atoms with van der Waals surface area (Å²) in [4.78, 5) is 24.6. The molecule has 0 aromatic carbocycles. The standard InChI is InChI=1S/C13H17BrN2O2S/c14-7-2-1-6-10(17)16-13-11(12(15)18)8-4-3-5-9(8)19-13/h1-7H2,(H2,15,18)(H,16,17). The van der Waals surface area contributed by atoms with E-state index in [1.807, 2.05) is 0 Å². The van der Waals surface area contributed by atoms with Crippen LogP contribution in [-0.4, -0.2) is 17.1 Å². The normalized spacial score (nSPS) is 13.3. The summed E-state index contributed by atoms with van der Waals surface area (Å²) in [5.41, 5.74) is 7.02. The predicted molar refractivity (Wildman–Crippen MR) is 81.1 cm³/mol. The molecule has 0 atom stereocenters. The van der Waals surface area contributed by atoms with Gasteiger partial charge in [-0.2, -0.15) is 0 Å². The summed E-state index contributed by atoms with van der Waals surface area (Å²) in [5.74, 6) is -0.474. The fourth-order valence-corrected chi connectivity index (χ4v) is 4.03. The van der Waals surface area contributed by atoms with E-state index in [2.05, 4.69) is 21.2 Å². The van der Waals surface area contributed by atoms with Gasteiger partial charge < -0.3 is 11.1 Å². The number of carbonyl (C=O) groups is 2. The second-order valence-electron chi connectivity index (χ2n) is 4.62. The number of hydrogen-bond acceptors (Lipinski definition) is 3. The van der Waals surface area contributed by atoms with Crippen molar-refractivity contribution in [3.8, 4) is 0 Å². The minimum Gasteiger partial charge on any atom is -0.365 e. The van der Waals surface area contributed by atoms with E-state index < -0.39 is 5.91 Å². The Morgan fingerprint density at radius 1 is 1.32 bits per heavy atom. The van der Waals surface area contributed by atoms with Gasteiger partial charge in [0, 0.05) is 16.6 Å². The number of halogens is 1. The van der Waals surface area contributed by atoms with Crippen LogP contribution in [0.3, 0.4) is 0 Å². The highest BCUT2D eigenvalue weighted by atomic mass is 79.9. The highest BCUT2D eigenvalue weighted by molar-refractivity contribution is 9.09. The van der Waals surface area contributed by atoms with Gasteiger partial charge in [-0.25, -0.2) is 0 Å². The zero-order valence-electron chi connectivity index (χ0n) is 10.6. The van der Waals surface area contributed by atoms with Crippen LogP contribution in [0.5, 0.6) is 0 Å². The maximum atomic E-state index is 11.8. The summed E-state index contributed by atoms with van der Waals surface area (Å²) in [5, 5.41) is 4.39. The number of primary amides is 1. The van der Waals surface area contributed by atoms with Gasteiger partial charge >= 0.3 is 0 Å². The van der Waals surface area contributed by atoms with Crippen LogP contribution >= 0.6 is 27.3 Å². The van der Waals surface area contributed by atoms with Gasteiger partial charge in [0.05, 0.1) is 5.56 Å². The van der Waals surface area contributed by atoms with E-state index in [4.69, 9.17) is 5.73 Å². The number of carbonyl (C=O) groups excluding carboxylic acids is 2. The van der Waals surface area contributed by atoms with Gasteiger partial charge in [-0.05, 0) is 37.7 Å². The van der Waals surface area contributed by atoms with Crippen molar-refractivity contribution in [3.05, 3.63) is 16.0 Å². The lowest BCUT2D eigenvalue weighted by Gasteiger charge is -2.05. The molecule has 0 fully saturated rings. The Bertz CT molecular complexity index is 499. The van der Waals surface area contributed by atoms with Crippen molar-refractivity contribution in [1.29, 1.82) is 0 Å². The number of aryl methyl sites for hydroxylation is 1. The first-order valence-electron chi connectivity index (χ1n) is 6.43. The van der Waals surface area contributed by atoms with Gasteiger partial charge in [-0.15, -0.1) is 11.3 Å². The van der Waals surface area contributed by atoms with Crippen LogP contribution in [0.15, 0.2) is 0 Å². The van der Waals surface area contributed by atoms with Crippen molar-refractivity contribution in [2.75, 3.05) is 10.6 Å². The van der Waals surface area contributed by atoms with Crippen molar-refractivity contribution in [2.24, 2.45) is 5.73 Å². The molecular formula is C13H17BrN2O2S. The summed E-state index contributed by atoms with van der Waals surface area (Å²) in [6.07, 6.45) is 5.24. The highest BCUT2D eigenvalue weighted by Crippen LogP contribution is 2.38. The molecule has 6 heteroatoms. The van der Waals surface area contributed by atoms with Crippen molar-refractivity contribution < 1.29 is 9.59 Å². The van der Waals surface area contributed by atoms with Crippen LogP contribution < -0.4 is 11.1 Å². The molecule has 4 nitrogen and oxygen atoms in total. The number of nitrogens with two attached hydrogens (primary N) is 1. The third kappa shape index (κ3) is 3.36. The molecule has 1 aliphatic rings. The van der Waals surface area contributed by atoms with E-state index in [1.165, 1.54) is 16.2 Å². The molecule has 1 aliphatic carbocycles. The quantitative estimate of drug-likeness (QED) is 0.615. The number of alkyl halides is 1. The topological polar surface area (TPSA) is 72.2 Å². The van der Waals surface area contributed by atoms with Gasteiger partial charge in [0.1, 0.15) is 5.00 Å². The Balaban J connectivity index is 2.08. The third-order valence-corrected chi connectivity index (χ3v) is 4.98. The lowest BCUT2D eigenvalue weighted by Crippen LogP contribution is -2.17. The summed E-state index contributed by atoms with van der Waals surface area (Å²) >= 11 is 4.84. The van der Waals surface area contributed by atoms with Crippen LogP contribution in [0.4, 0.5) is 5.00 Å². The number of fused-ring (bicyclic) bond motifs is 1. The molecule has 2 amide bonds. The molecule has 1 aromatic rings. The molecule has 1 aromatic heterocycles. The molecule has 0 saturated heterocycles. The Kier molecular flexibility index (Phi) is 4.99. The van der Waals surface area contributed by atoms with Gasteiger partial charge in [-0.3, -0.25) is 9.59 Å². The van der Waals surface area contributed by atoms with Gasteiger partial charge in [0.15, 0.2) is 0 Å². The summed E-state index contributed by atoms with van der Waals surface area (Å²) < 4.78 is 0. The monoisotopic (exact) mass is 344 g/mol. The summed E-state index contributed by atoms with van der Waals surface area (Å²) in [7, 11) is 0. The van der Waals surface area contributed by atoms with Gasteiger partial charge in [-0.1, -0.05) is 15.9 Å². The molecule has 0 saturated carbocycles. The highest BCUT2D eigenvalue weighted by Gasteiger charge is 2.25. The Morgan fingerprint density at radius 3 is 2.79 bits per heavy atom. The molecular weight excluding hydrogens is 328 g/mol. The van der Waals surface area contributed by atoms with Crippen LogP contribution in [-0.2, 0) is 17.6 Å². The lowest BCUT2D eigenvalue weighted by molar-refractivity contribution is -0.116. The number of amides is 2. The number of thiophene rings is 1. The smallest absolute Gasteiger partial charge is 0.251 e. The first kappa shape index (κ1) is 14.5. The Morgan fingerprint density at radius 2 is 2.11 bits per heavy atom. The second kappa shape index (κ2) is 6.52. The van der Waals surface area contributed by atoms with Crippen LogP contribution in [0.1, 0.15) is 46.5 Å². The van der Waals surface area contributed by atoms with E-state index >= 15 is 0 Å². The minimum atomic E-state index is -0.435. The maximum Gasteiger partial charge on any atom is 0.251 e. The molecule has 0 aliphatic heterocycles. The van der Waals surface area contributed by atoms with Crippen LogP contribution in [0.25, 0.3) is 0 Å². The minimum absolute atomic E-state index is 0.0385. The largest absolute Gasteiger partial charge is 0.365 e. The van der Waals surface area contributed by atoms with Crippen molar-refractivity contribution in [3.63, 3.8) is 0 Å². The molecule has 0 spiro atoms. The SMILES string of the molecule is NC(=O)c1c(NC(=O)CCCCBr)sc2c1CCC2. The molecule has 0 unspecified atom stereocenters. The average Bonchev–Trinajstić information content (AvgIpc) is 2.88. The van der Waals surface area contributed by atoms with Crippen molar-refractivity contribution >= 4 is 44.1 Å². The molecule has 104 valence electrons. The van der Waals surface area contributed by atoms with E-state index in [0.29, 0.717) is 17.0 Å². The fraction of sp³-hybridized carbons (Fsp3) is 0.538. The fourth-order valence-electron chi connectivity index (χ4n) is 2.32. The second-order valence-corrected chi connectivity index (χ2v) is 6.52. The number of rotatable bonds is 6. The third-order valence-electron chi connectivity index (χ3n) is 3.21. The number of nitrogens with one attached hydrogen (secondary N) is 1. The van der Waals surface area contributed by atoms with Crippen molar-refractivity contribution in [1.82, 2.24) is 0 Å². The Hall–Kier alpha value is -0.880. The van der Waals surface area contributed by atoms with Crippen LogP contribution in [0.2, 0.25) is 0 Å². The first-order chi connectivity index (χ1) is 9.13. The molecule has 19 heavy (non-hydrogen) atoms. The molecule has 1 heterocycles. The van der Waals surface area contributed by atoms with E-state index in [1.54, 1.807) is 0 Å². The zero-order valence-corrected chi connectivity index (χ0v) is 13.0. The molecule has 0 bridgehead atoms. The number of unbranched alkanes of at least 4 members (excludes halogenated alkanes) is 1. The van der Waals surface area contributed by atoms with E-state index in [9.17, 15) is 9.59 Å². The lowest BCUT2D eigenvalue weighted by atomic mass is 10.1. The first-order valence-corrected chi connectivity index (χ1v) is 8.37. The average molecular weight is 345 g/mol.